The van der Waals surface area contributed by atoms with Crippen LogP contribution in [0.3, 0.4) is 0 Å². The fraction of sp³-hybridized carbons (Fsp3) is 0.611. The van der Waals surface area contributed by atoms with Crippen molar-refractivity contribution in [3.63, 3.8) is 0 Å². The molecule has 0 unspecified atom stereocenters. The smallest absolute Gasteiger partial charge is 0.288 e. The minimum Gasteiger partial charge on any atom is -0.494 e. The van der Waals surface area contributed by atoms with Crippen molar-refractivity contribution < 1.29 is 23.7 Å². The number of ketones is 1. The van der Waals surface area contributed by atoms with Gasteiger partial charge < -0.3 is 18.9 Å². The van der Waals surface area contributed by atoms with Gasteiger partial charge in [0.2, 0.25) is 5.78 Å². The maximum Gasteiger partial charge on any atom is 0.288 e. The number of hydrogen-bond donors (Lipinski definition) is 0. The summed E-state index contributed by atoms with van der Waals surface area (Å²) >= 11 is 0. The molecule has 7 nitrogen and oxygen atoms in total. The number of Topliss-reactive ketones (excluding diaryl/α,β-unsaturated/α-hetero) is 1. The zero-order valence-corrected chi connectivity index (χ0v) is 14.5. The first-order valence-corrected chi connectivity index (χ1v) is 8.92. The molecule has 0 bridgehead atoms. The van der Waals surface area contributed by atoms with Gasteiger partial charge in [0.1, 0.15) is 11.5 Å². The third kappa shape index (κ3) is 2.81. The molecular weight excluding hydrogens is 324 g/mol. The third-order valence-corrected chi connectivity index (χ3v) is 4.93. The van der Waals surface area contributed by atoms with Gasteiger partial charge in [-0.05, 0) is 25.1 Å². The quantitative estimate of drug-likeness (QED) is 0.804. The van der Waals surface area contributed by atoms with Gasteiger partial charge in [0, 0.05) is 26.2 Å². The summed E-state index contributed by atoms with van der Waals surface area (Å²) in [5.74, 6) is 0.193. The number of rotatable bonds is 4. The van der Waals surface area contributed by atoms with Crippen LogP contribution >= 0.6 is 0 Å². The van der Waals surface area contributed by atoms with Crippen molar-refractivity contribution in [1.29, 1.82) is 0 Å². The Morgan fingerprint density at radius 3 is 2.20 bits per heavy atom. The number of morpholine rings is 2. The summed E-state index contributed by atoms with van der Waals surface area (Å²) < 4.78 is 22.9. The molecule has 25 heavy (non-hydrogen) atoms. The van der Waals surface area contributed by atoms with E-state index in [4.69, 9.17) is 18.9 Å². The third-order valence-electron chi connectivity index (χ3n) is 4.93. The molecule has 1 aromatic rings. The first kappa shape index (κ1) is 16.8. The van der Waals surface area contributed by atoms with Crippen LogP contribution in [-0.4, -0.2) is 80.6 Å². The minimum atomic E-state index is -1.10. The Hall–Kier alpha value is -1.67. The highest BCUT2D eigenvalue weighted by atomic mass is 16.6. The monoisotopic (exact) mass is 348 g/mol. The molecule has 3 aliphatic rings. The minimum absolute atomic E-state index is 0.0205. The van der Waals surface area contributed by atoms with Crippen LogP contribution in [0.4, 0.5) is 0 Å². The van der Waals surface area contributed by atoms with E-state index in [1.807, 2.05) is 19.1 Å². The number of fused-ring (bicyclic) bond motifs is 1. The van der Waals surface area contributed by atoms with Gasteiger partial charge in [-0.2, -0.15) is 0 Å². The van der Waals surface area contributed by atoms with Gasteiger partial charge >= 0.3 is 0 Å². The van der Waals surface area contributed by atoms with Gasteiger partial charge in [-0.3, -0.25) is 4.79 Å². The highest BCUT2D eigenvalue weighted by Gasteiger charge is 2.57. The number of carbonyl (C=O) groups is 1. The SMILES string of the molecule is CCOc1ccc2c(c1)C(=O)C(N1CCOCC1)(N1CCOCC1)O2. The van der Waals surface area contributed by atoms with Gasteiger partial charge in [0.25, 0.3) is 5.85 Å². The van der Waals surface area contributed by atoms with Crippen molar-refractivity contribution in [2.45, 2.75) is 12.8 Å². The number of hydrogen-bond acceptors (Lipinski definition) is 7. The van der Waals surface area contributed by atoms with E-state index < -0.39 is 5.85 Å². The summed E-state index contributed by atoms with van der Waals surface area (Å²) in [5.41, 5.74) is 0.587. The Bertz CT molecular complexity index is 620. The average Bonchev–Trinajstić information content (AvgIpc) is 2.97. The molecule has 7 heteroatoms. The molecule has 3 heterocycles. The van der Waals surface area contributed by atoms with Crippen LogP contribution in [0.2, 0.25) is 0 Å². The summed E-state index contributed by atoms with van der Waals surface area (Å²) in [7, 11) is 0. The predicted octanol–water partition coefficient (Wildman–Crippen LogP) is 0.979. The van der Waals surface area contributed by atoms with Crippen LogP contribution in [0.1, 0.15) is 17.3 Å². The van der Waals surface area contributed by atoms with Crippen molar-refractivity contribution in [2.75, 3.05) is 59.2 Å². The average molecular weight is 348 g/mol. The standard InChI is InChI=1S/C18H24N2O5/c1-2-24-14-3-4-16-15(13-14)17(21)18(25-16,19-5-9-22-10-6-19)20-7-11-23-12-8-20/h3-4,13H,2,5-12H2,1H3. The number of ether oxygens (including phenoxy) is 4. The fourth-order valence-corrected chi connectivity index (χ4v) is 3.76. The van der Waals surface area contributed by atoms with E-state index in [9.17, 15) is 4.79 Å². The molecule has 136 valence electrons. The molecule has 0 N–H and O–H groups in total. The van der Waals surface area contributed by atoms with Crippen LogP contribution in [-0.2, 0) is 9.47 Å². The lowest BCUT2D eigenvalue weighted by Gasteiger charge is -2.48. The molecular formula is C18H24N2O5. The zero-order chi connectivity index (χ0) is 17.3. The van der Waals surface area contributed by atoms with E-state index in [1.165, 1.54) is 0 Å². The van der Waals surface area contributed by atoms with E-state index in [1.54, 1.807) is 6.07 Å². The molecule has 3 aliphatic heterocycles. The molecule has 0 aliphatic carbocycles. The van der Waals surface area contributed by atoms with Crippen molar-refractivity contribution in [2.24, 2.45) is 0 Å². The van der Waals surface area contributed by atoms with E-state index >= 15 is 0 Å². The molecule has 1 aromatic carbocycles. The molecule has 0 aromatic heterocycles. The second-order valence-corrected chi connectivity index (χ2v) is 6.33. The summed E-state index contributed by atoms with van der Waals surface area (Å²) in [5, 5.41) is 0. The molecule has 4 rings (SSSR count). The topological polar surface area (TPSA) is 60.5 Å². The normalized spacial score (nSPS) is 24.0. The van der Waals surface area contributed by atoms with Gasteiger partial charge in [-0.1, -0.05) is 0 Å². The molecule has 0 atom stereocenters. The van der Waals surface area contributed by atoms with Crippen LogP contribution in [0, 0.1) is 0 Å². The van der Waals surface area contributed by atoms with Gasteiger partial charge in [-0.25, -0.2) is 9.80 Å². The van der Waals surface area contributed by atoms with Gasteiger partial charge in [0.15, 0.2) is 0 Å². The molecule has 2 fully saturated rings. The Kier molecular flexibility index (Phi) is 4.64. The second kappa shape index (κ2) is 6.92. The lowest BCUT2D eigenvalue weighted by molar-refractivity contribution is -0.190. The van der Waals surface area contributed by atoms with Crippen LogP contribution < -0.4 is 9.47 Å². The van der Waals surface area contributed by atoms with Crippen LogP contribution in [0.5, 0.6) is 11.5 Å². The fourth-order valence-electron chi connectivity index (χ4n) is 3.76. The Morgan fingerprint density at radius 2 is 1.64 bits per heavy atom. The van der Waals surface area contributed by atoms with Crippen molar-refractivity contribution in [1.82, 2.24) is 9.80 Å². The predicted molar refractivity (Wildman–Crippen MR) is 90.1 cm³/mol. The molecule has 0 saturated carbocycles. The maximum atomic E-state index is 13.5. The lowest BCUT2D eigenvalue weighted by Crippen LogP contribution is -2.70. The van der Waals surface area contributed by atoms with Crippen molar-refractivity contribution in [3.05, 3.63) is 23.8 Å². The van der Waals surface area contributed by atoms with E-state index in [0.717, 1.165) is 0 Å². The summed E-state index contributed by atoms with van der Waals surface area (Å²) in [4.78, 5) is 17.7. The zero-order valence-electron chi connectivity index (χ0n) is 14.5. The highest BCUT2D eigenvalue weighted by molar-refractivity contribution is 6.07. The first-order valence-electron chi connectivity index (χ1n) is 8.92. The second-order valence-electron chi connectivity index (χ2n) is 6.33. The summed E-state index contributed by atoms with van der Waals surface area (Å²) in [6, 6.07) is 5.48. The Balaban J connectivity index is 1.72. The van der Waals surface area contributed by atoms with Gasteiger partial charge in [0.05, 0.1) is 38.6 Å². The summed E-state index contributed by atoms with van der Waals surface area (Å²) in [6.07, 6.45) is 0. The largest absolute Gasteiger partial charge is 0.494 e. The van der Waals surface area contributed by atoms with Crippen LogP contribution in [0.15, 0.2) is 18.2 Å². The molecule has 2 saturated heterocycles. The van der Waals surface area contributed by atoms with Crippen LogP contribution in [0.25, 0.3) is 0 Å². The number of benzene rings is 1. The maximum absolute atomic E-state index is 13.5. The summed E-state index contributed by atoms with van der Waals surface area (Å²) in [6.45, 7) is 7.54. The first-order chi connectivity index (χ1) is 12.3. The molecule has 0 radical (unpaired) electrons. The van der Waals surface area contributed by atoms with Crippen molar-refractivity contribution in [3.8, 4) is 11.5 Å². The van der Waals surface area contributed by atoms with Crippen molar-refractivity contribution >= 4 is 5.78 Å². The lowest BCUT2D eigenvalue weighted by atomic mass is 10.0. The Labute approximate surface area is 147 Å². The Morgan fingerprint density at radius 1 is 1.04 bits per heavy atom. The number of carbonyl (C=O) groups excluding carboxylic acids is 1. The highest BCUT2D eigenvalue weighted by Crippen LogP contribution is 2.41. The molecule has 0 amide bonds. The van der Waals surface area contributed by atoms with E-state index in [-0.39, 0.29) is 5.78 Å². The number of nitrogens with zero attached hydrogens (tertiary/aromatic N) is 2. The van der Waals surface area contributed by atoms with E-state index in [0.29, 0.717) is 76.3 Å². The van der Waals surface area contributed by atoms with E-state index in [2.05, 4.69) is 9.80 Å². The molecule has 0 spiro atoms. The van der Waals surface area contributed by atoms with Gasteiger partial charge in [-0.15, -0.1) is 0 Å².